The smallest absolute Gasteiger partial charge is 0.261 e. The summed E-state index contributed by atoms with van der Waals surface area (Å²) in [5, 5.41) is 4.95. The minimum atomic E-state index is -0.0849. The van der Waals surface area contributed by atoms with Crippen LogP contribution in [0.15, 0.2) is 59.3 Å². The number of rotatable bonds is 4. The maximum Gasteiger partial charge on any atom is 0.261 e. The number of carbonyl (C=O) groups is 1. The number of nitrogens with one attached hydrogen (secondary N) is 1. The molecule has 3 heterocycles. The first-order valence-electron chi connectivity index (χ1n) is 9.60. The first kappa shape index (κ1) is 17.5. The van der Waals surface area contributed by atoms with Gasteiger partial charge in [-0.2, -0.15) is 4.98 Å². The number of aromatic nitrogens is 3. The number of nitrogens with zero attached hydrogens (tertiary/aromatic N) is 3. The Morgan fingerprint density at radius 1 is 1.24 bits per heavy atom. The molecule has 29 heavy (non-hydrogen) atoms. The number of carbonyl (C=O) groups excluding carboxylic acids is 1. The number of para-hydroxylation sites is 1. The fraction of sp³-hybridized carbons (Fsp3) is 0.227. The van der Waals surface area contributed by atoms with E-state index in [0.717, 1.165) is 22.9 Å². The molecule has 1 unspecified atom stereocenters. The Labute approximate surface area is 167 Å². The van der Waals surface area contributed by atoms with E-state index in [2.05, 4.69) is 15.1 Å². The van der Waals surface area contributed by atoms with Crippen LogP contribution in [0.5, 0.6) is 5.75 Å². The third-order valence-electron chi connectivity index (χ3n) is 5.17. The highest BCUT2D eigenvalue weighted by molar-refractivity contribution is 5.98. The Kier molecular flexibility index (Phi) is 4.27. The third kappa shape index (κ3) is 3.35. The van der Waals surface area contributed by atoms with Gasteiger partial charge in [0, 0.05) is 30.2 Å². The number of aryl methyl sites for hydroxylation is 1. The fourth-order valence-electron chi connectivity index (χ4n) is 3.70. The SMILES string of the molecule is Cc1noc(-c2ccccc2OC2CCN(C(=O)c3ccc4cc[nH]c4c3)C2)n1. The zero-order valence-corrected chi connectivity index (χ0v) is 16.0. The Morgan fingerprint density at radius 3 is 3.00 bits per heavy atom. The van der Waals surface area contributed by atoms with Gasteiger partial charge in [-0.15, -0.1) is 0 Å². The van der Waals surface area contributed by atoms with Gasteiger partial charge in [-0.1, -0.05) is 23.4 Å². The predicted molar refractivity (Wildman–Crippen MR) is 108 cm³/mol. The van der Waals surface area contributed by atoms with Gasteiger partial charge in [0.25, 0.3) is 11.8 Å². The second-order valence-electron chi connectivity index (χ2n) is 7.20. The van der Waals surface area contributed by atoms with Crippen LogP contribution in [-0.4, -0.2) is 45.1 Å². The zero-order chi connectivity index (χ0) is 19.8. The van der Waals surface area contributed by atoms with E-state index < -0.39 is 0 Å². The number of amides is 1. The molecule has 1 saturated heterocycles. The van der Waals surface area contributed by atoms with E-state index in [1.165, 1.54) is 0 Å². The van der Waals surface area contributed by atoms with E-state index in [9.17, 15) is 4.79 Å². The summed E-state index contributed by atoms with van der Waals surface area (Å²) in [4.78, 5) is 22.2. The zero-order valence-electron chi connectivity index (χ0n) is 16.0. The number of aromatic amines is 1. The number of hydrogen-bond donors (Lipinski definition) is 1. The lowest BCUT2D eigenvalue weighted by Gasteiger charge is -2.18. The van der Waals surface area contributed by atoms with Crippen molar-refractivity contribution in [2.24, 2.45) is 0 Å². The van der Waals surface area contributed by atoms with Crippen LogP contribution in [0.2, 0.25) is 0 Å². The molecule has 0 spiro atoms. The van der Waals surface area contributed by atoms with E-state index in [1.807, 2.05) is 59.6 Å². The minimum absolute atomic E-state index is 0.0217. The molecular weight excluding hydrogens is 368 g/mol. The third-order valence-corrected chi connectivity index (χ3v) is 5.17. The molecule has 0 saturated carbocycles. The molecule has 7 heteroatoms. The van der Waals surface area contributed by atoms with Gasteiger partial charge in [-0.25, -0.2) is 0 Å². The number of ether oxygens (including phenoxy) is 1. The second-order valence-corrected chi connectivity index (χ2v) is 7.20. The van der Waals surface area contributed by atoms with Crippen molar-refractivity contribution in [1.82, 2.24) is 20.0 Å². The molecule has 0 radical (unpaired) electrons. The van der Waals surface area contributed by atoms with Gasteiger partial charge >= 0.3 is 0 Å². The highest BCUT2D eigenvalue weighted by atomic mass is 16.5. The Bertz CT molecular complexity index is 1180. The summed E-state index contributed by atoms with van der Waals surface area (Å²) in [6.45, 7) is 2.98. The molecule has 1 fully saturated rings. The van der Waals surface area contributed by atoms with Crippen molar-refractivity contribution < 1.29 is 14.1 Å². The largest absolute Gasteiger partial charge is 0.488 e. The van der Waals surface area contributed by atoms with Crippen molar-refractivity contribution in [3.05, 3.63) is 66.1 Å². The maximum absolute atomic E-state index is 12.9. The number of hydrogen-bond acceptors (Lipinski definition) is 5. The van der Waals surface area contributed by atoms with Gasteiger partial charge in [0.15, 0.2) is 5.82 Å². The molecule has 0 aliphatic carbocycles. The van der Waals surface area contributed by atoms with Crippen LogP contribution < -0.4 is 4.74 Å². The van der Waals surface area contributed by atoms with Crippen molar-refractivity contribution in [1.29, 1.82) is 0 Å². The molecule has 1 atom stereocenters. The van der Waals surface area contributed by atoms with E-state index in [0.29, 0.717) is 36.1 Å². The lowest BCUT2D eigenvalue weighted by atomic mass is 10.1. The predicted octanol–water partition coefficient (Wildman–Crippen LogP) is 3.82. The normalized spacial score (nSPS) is 16.4. The molecule has 1 aliphatic rings. The molecule has 2 aromatic carbocycles. The number of fused-ring (bicyclic) bond motifs is 1. The Balaban J connectivity index is 1.31. The molecule has 2 aromatic heterocycles. The van der Waals surface area contributed by atoms with Crippen molar-refractivity contribution in [3.8, 4) is 17.2 Å². The van der Waals surface area contributed by atoms with Gasteiger partial charge < -0.3 is 19.1 Å². The van der Waals surface area contributed by atoms with Crippen molar-refractivity contribution in [2.75, 3.05) is 13.1 Å². The number of likely N-dealkylation sites (tertiary alicyclic amines) is 1. The fourth-order valence-corrected chi connectivity index (χ4v) is 3.70. The minimum Gasteiger partial charge on any atom is -0.488 e. The van der Waals surface area contributed by atoms with Crippen molar-refractivity contribution in [3.63, 3.8) is 0 Å². The van der Waals surface area contributed by atoms with Crippen LogP contribution in [-0.2, 0) is 0 Å². The molecule has 146 valence electrons. The average molecular weight is 388 g/mol. The lowest BCUT2D eigenvalue weighted by molar-refractivity contribution is 0.0772. The molecule has 7 nitrogen and oxygen atoms in total. The van der Waals surface area contributed by atoms with Crippen LogP contribution in [0, 0.1) is 6.92 Å². The summed E-state index contributed by atoms with van der Waals surface area (Å²) >= 11 is 0. The molecule has 1 amide bonds. The second kappa shape index (κ2) is 7.09. The first-order chi connectivity index (χ1) is 14.2. The first-order valence-corrected chi connectivity index (χ1v) is 9.60. The van der Waals surface area contributed by atoms with Crippen LogP contribution in [0.25, 0.3) is 22.4 Å². The van der Waals surface area contributed by atoms with Crippen LogP contribution in [0.4, 0.5) is 0 Å². The Morgan fingerprint density at radius 2 is 2.14 bits per heavy atom. The quantitative estimate of drug-likeness (QED) is 0.575. The topological polar surface area (TPSA) is 84.3 Å². The van der Waals surface area contributed by atoms with Gasteiger partial charge in [0.1, 0.15) is 11.9 Å². The van der Waals surface area contributed by atoms with Crippen LogP contribution >= 0.6 is 0 Å². The van der Waals surface area contributed by atoms with Crippen LogP contribution in [0.3, 0.4) is 0 Å². The van der Waals surface area contributed by atoms with Gasteiger partial charge in [-0.3, -0.25) is 4.79 Å². The average Bonchev–Trinajstić information content (AvgIpc) is 3.48. The highest BCUT2D eigenvalue weighted by Crippen LogP contribution is 2.31. The molecule has 1 aliphatic heterocycles. The maximum atomic E-state index is 12.9. The molecule has 4 aromatic rings. The summed E-state index contributed by atoms with van der Waals surface area (Å²) in [5.74, 6) is 1.71. The molecule has 5 rings (SSSR count). The standard InChI is InChI=1S/C22H20N4O3/c1-14-24-21(29-25-14)18-4-2-3-5-20(18)28-17-9-11-26(13-17)22(27)16-7-6-15-8-10-23-19(15)12-16/h2-8,10,12,17,23H,9,11,13H2,1H3. The van der Waals surface area contributed by atoms with Crippen molar-refractivity contribution >= 4 is 16.8 Å². The van der Waals surface area contributed by atoms with Gasteiger partial charge in [0.2, 0.25) is 0 Å². The summed E-state index contributed by atoms with van der Waals surface area (Å²) in [6.07, 6.45) is 2.56. The van der Waals surface area contributed by atoms with Crippen molar-refractivity contribution in [2.45, 2.75) is 19.4 Å². The number of benzene rings is 2. The Hall–Kier alpha value is -3.61. The highest BCUT2D eigenvalue weighted by Gasteiger charge is 2.29. The summed E-state index contributed by atoms with van der Waals surface area (Å²) in [7, 11) is 0. The molecule has 0 bridgehead atoms. The van der Waals surface area contributed by atoms with Crippen LogP contribution in [0.1, 0.15) is 22.6 Å². The van der Waals surface area contributed by atoms with E-state index in [4.69, 9.17) is 9.26 Å². The lowest BCUT2D eigenvalue weighted by Crippen LogP contribution is -2.31. The molecular formula is C22H20N4O3. The van der Waals surface area contributed by atoms with E-state index in [-0.39, 0.29) is 12.0 Å². The van der Waals surface area contributed by atoms with E-state index in [1.54, 1.807) is 6.92 Å². The molecule has 1 N–H and O–H groups in total. The van der Waals surface area contributed by atoms with Gasteiger partial charge in [0.05, 0.1) is 12.1 Å². The van der Waals surface area contributed by atoms with E-state index >= 15 is 0 Å². The summed E-state index contributed by atoms with van der Waals surface area (Å²) in [5.41, 5.74) is 2.41. The van der Waals surface area contributed by atoms with Gasteiger partial charge in [-0.05, 0) is 42.6 Å². The summed E-state index contributed by atoms with van der Waals surface area (Å²) < 4.78 is 11.5. The monoisotopic (exact) mass is 388 g/mol. The summed E-state index contributed by atoms with van der Waals surface area (Å²) in [6, 6.07) is 15.3. The number of H-pyrrole nitrogens is 1.